The number of aryl methyl sites for hydroxylation is 3. The summed E-state index contributed by atoms with van der Waals surface area (Å²) >= 11 is 0. The molecular weight excluding hydrogens is 474 g/mol. The maximum absolute atomic E-state index is 12.5. The molecule has 0 spiro atoms. The normalized spacial score (nSPS) is 11.3. The van der Waals surface area contributed by atoms with Gasteiger partial charge in [-0.1, -0.05) is 68.8 Å². The number of esters is 1. The molecule has 0 unspecified atom stereocenters. The Hall–Kier alpha value is -4.19. The van der Waals surface area contributed by atoms with Gasteiger partial charge in [0, 0.05) is 24.6 Å². The molecule has 0 bridgehead atoms. The highest BCUT2D eigenvalue weighted by atomic mass is 16.5. The zero-order valence-electron chi connectivity index (χ0n) is 23.2. The summed E-state index contributed by atoms with van der Waals surface area (Å²) in [7, 11) is 0. The van der Waals surface area contributed by atoms with Crippen LogP contribution in [0, 0.1) is 26.2 Å². The fourth-order valence-electron chi connectivity index (χ4n) is 4.41. The van der Waals surface area contributed by atoms with E-state index in [4.69, 9.17) is 9.84 Å². The molecule has 0 fully saturated rings. The number of hydrogen-bond donors (Lipinski definition) is 1. The second-order valence-electron chi connectivity index (χ2n) is 11.1. The molecule has 0 saturated heterocycles. The van der Waals surface area contributed by atoms with Gasteiger partial charge in [0.15, 0.2) is 0 Å². The number of anilines is 1. The summed E-state index contributed by atoms with van der Waals surface area (Å²) in [6, 6.07) is 21.8. The summed E-state index contributed by atoms with van der Waals surface area (Å²) in [5.74, 6) is -0.110. The minimum Gasteiger partial charge on any atom is -0.407 e. The second-order valence-corrected chi connectivity index (χ2v) is 11.1. The molecule has 0 aliphatic rings. The lowest BCUT2D eigenvalue weighted by molar-refractivity contribution is -0.132. The number of hydrogen-bond acceptors (Lipinski definition) is 4. The molecule has 1 aromatic heterocycles. The van der Waals surface area contributed by atoms with Crippen LogP contribution in [-0.2, 0) is 9.59 Å². The lowest BCUT2D eigenvalue weighted by Gasteiger charge is -2.17. The Morgan fingerprint density at radius 1 is 0.895 bits per heavy atom. The molecule has 1 amide bonds. The summed E-state index contributed by atoms with van der Waals surface area (Å²) in [4.78, 5) is 24.8. The molecule has 4 aromatic rings. The molecule has 1 heterocycles. The van der Waals surface area contributed by atoms with E-state index >= 15 is 0 Å². The van der Waals surface area contributed by atoms with Crippen LogP contribution < -0.4 is 10.1 Å². The molecule has 1 N–H and O–H groups in total. The number of benzene rings is 3. The van der Waals surface area contributed by atoms with Crippen molar-refractivity contribution in [2.24, 2.45) is 5.41 Å². The number of ether oxygens (including phenoxy) is 1. The summed E-state index contributed by atoms with van der Waals surface area (Å²) in [6.45, 7) is 13.6. The van der Waals surface area contributed by atoms with Gasteiger partial charge in [-0.25, -0.2) is 0 Å². The SMILES string of the molecule is CC(=O)Oc1c(-c2ccc(NC(=O)CC(C)(C)C)cc2)c(-c2cccc(C)c2)nn1-c1cc(C)ccc1C. The van der Waals surface area contributed by atoms with Crippen molar-refractivity contribution >= 4 is 17.6 Å². The largest absolute Gasteiger partial charge is 0.407 e. The van der Waals surface area contributed by atoms with Gasteiger partial charge in [0.2, 0.25) is 11.8 Å². The maximum atomic E-state index is 12.5. The van der Waals surface area contributed by atoms with Crippen LogP contribution in [0.2, 0.25) is 0 Å². The highest BCUT2D eigenvalue weighted by Crippen LogP contribution is 2.42. The van der Waals surface area contributed by atoms with Gasteiger partial charge in [-0.3, -0.25) is 9.59 Å². The number of carbonyl (C=O) groups excluding carboxylic acids is 2. The maximum Gasteiger partial charge on any atom is 0.309 e. The topological polar surface area (TPSA) is 73.2 Å². The van der Waals surface area contributed by atoms with Crippen LogP contribution in [0.4, 0.5) is 5.69 Å². The van der Waals surface area contributed by atoms with Gasteiger partial charge in [-0.15, -0.1) is 0 Å². The third kappa shape index (κ3) is 6.20. The summed E-state index contributed by atoms with van der Waals surface area (Å²) in [6.07, 6.45) is 0.422. The van der Waals surface area contributed by atoms with Gasteiger partial charge < -0.3 is 10.1 Å². The highest BCUT2D eigenvalue weighted by molar-refractivity contribution is 5.92. The van der Waals surface area contributed by atoms with E-state index in [1.807, 2.05) is 102 Å². The zero-order valence-corrected chi connectivity index (χ0v) is 23.2. The molecule has 0 radical (unpaired) electrons. The van der Waals surface area contributed by atoms with Crippen molar-refractivity contribution in [1.82, 2.24) is 9.78 Å². The fourth-order valence-corrected chi connectivity index (χ4v) is 4.41. The molecule has 0 saturated carbocycles. The third-order valence-electron chi connectivity index (χ3n) is 6.12. The molecule has 6 heteroatoms. The smallest absolute Gasteiger partial charge is 0.309 e. The number of carbonyl (C=O) groups is 2. The van der Waals surface area contributed by atoms with Crippen molar-refractivity contribution in [2.75, 3.05) is 5.32 Å². The molecule has 3 aromatic carbocycles. The van der Waals surface area contributed by atoms with Gasteiger partial charge in [0.1, 0.15) is 5.69 Å². The van der Waals surface area contributed by atoms with Crippen LogP contribution >= 0.6 is 0 Å². The molecule has 196 valence electrons. The predicted octanol–water partition coefficient (Wildman–Crippen LogP) is 7.43. The first-order chi connectivity index (χ1) is 17.9. The van der Waals surface area contributed by atoms with Crippen LogP contribution in [0.25, 0.3) is 28.1 Å². The molecule has 6 nitrogen and oxygen atoms in total. The number of rotatable bonds is 6. The van der Waals surface area contributed by atoms with E-state index in [1.165, 1.54) is 6.92 Å². The summed E-state index contributed by atoms with van der Waals surface area (Å²) in [5.41, 5.74) is 7.77. The van der Waals surface area contributed by atoms with Crippen LogP contribution in [-0.4, -0.2) is 21.7 Å². The molecular formula is C32H35N3O3. The third-order valence-corrected chi connectivity index (χ3v) is 6.12. The van der Waals surface area contributed by atoms with E-state index in [-0.39, 0.29) is 11.3 Å². The van der Waals surface area contributed by atoms with Gasteiger partial charge in [-0.05, 0) is 67.1 Å². The lowest BCUT2D eigenvalue weighted by atomic mass is 9.92. The monoisotopic (exact) mass is 509 g/mol. The Balaban J connectivity index is 1.89. The van der Waals surface area contributed by atoms with Gasteiger partial charge in [0.05, 0.1) is 11.3 Å². The van der Waals surface area contributed by atoms with E-state index in [1.54, 1.807) is 4.68 Å². The van der Waals surface area contributed by atoms with Crippen LogP contribution in [0.5, 0.6) is 5.88 Å². The van der Waals surface area contributed by atoms with Crippen molar-refractivity contribution in [3.05, 3.63) is 83.4 Å². The first-order valence-corrected chi connectivity index (χ1v) is 12.8. The van der Waals surface area contributed by atoms with Crippen molar-refractivity contribution in [3.63, 3.8) is 0 Å². The summed E-state index contributed by atoms with van der Waals surface area (Å²) < 4.78 is 7.57. The minimum atomic E-state index is -0.431. The van der Waals surface area contributed by atoms with Gasteiger partial charge in [-0.2, -0.15) is 9.78 Å². The number of aromatic nitrogens is 2. The molecule has 38 heavy (non-hydrogen) atoms. The van der Waals surface area contributed by atoms with E-state index in [2.05, 4.69) is 11.4 Å². The first-order valence-electron chi connectivity index (χ1n) is 12.8. The Kier molecular flexibility index (Phi) is 7.53. The minimum absolute atomic E-state index is 0.0333. The Morgan fingerprint density at radius 3 is 2.21 bits per heavy atom. The van der Waals surface area contributed by atoms with Crippen LogP contribution in [0.15, 0.2) is 66.7 Å². The van der Waals surface area contributed by atoms with Gasteiger partial charge in [0.25, 0.3) is 0 Å². The van der Waals surface area contributed by atoms with Crippen molar-refractivity contribution in [2.45, 2.75) is 54.9 Å². The Labute approximate surface area is 224 Å². The van der Waals surface area contributed by atoms with Gasteiger partial charge >= 0.3 is 5.97 Å². The Bertz CT molecular complexity index is 1490. The lowest BCUT2D eigenvalue weighted by Crippen LogP contribution is -2.19. The summed E-state index contributed by atoms with van der Waals surface area (Å²) in [5, 5.41) is 7.98. The highest BCUT2D eigenvalue weighted by Gasteiger charge is 2.25. The molecule has 0 aliphatic carbocycles. The number of nitrogens with zero attached hydrogens (tertiary/aromatic N) is 2. The average Bonchev–Trinajstić information content (AvgIpc) is 3.18. The van der Waals surface area contributed by atoms with Crippen molar-refractivity contribution in [1.29, 1.82) is 0 Å². The fraction of sp³-hybridized carbons (Fsp3) is 0.281. The molecule has 4 rings (SSSR count). The second kappa shape index (κ2) is 10.7. The van der Waals surface area contributed by atoms with Crippen molar-refractivity contribution in [3.8, 4) is 34.0 Å². The van der Waals surface area contributed by atoms with Crippen LogP contribution in [0.3, 0.4) is 0 Å². The predicted molar refractivity (Wildman–Crippen MR) is 153 cm³/mol. The zero-order chi connectivity index (χ0) is 27.6. The average molecular weight is 510 g/mol. The van der Waals surface area contributed by atoms with E-state index in [9.17, 15) is 9.59 Å². The van der Waals surface area contributed by atoms with Crippen molar-refractivity contribution < 1.29 is 14.3 Å². The van der Waals surface area contributed by atoms with E-state index in [0.717, 1.165) is 33.5 Å². The number of amides is 1. The van der Waals surface area contributed by atoms with E-state index < -0.39 is 5.97 Å². The molecule has 0 aliphatic heterocycles. The first kappa shape index (κ1) is 26.9. The van der Waals surface area contributed by atoms with Crippen LogP contribution in [0.1, 0.15) is 50.8 Å². The number of nitrogens with one attached hydrogen (secondary N) is 1. The van der Waals surface area contributed by atoms with E-state index in [0.29, 0.717) is 29.2 Å². The standard InChI is InChI=1S/C32H35N3O3/c1-20-9-8-10-25(17-20)30-29(24-13-15-26(16-14-24)33-28(37)19-32(5,6)7)31(38-23(4)36)35(34-30)27-18-21(2)11-12-22(27)3/h8-18H,19H2,1-7H3,(H,33,37). The Morgan fingerprint density at radius 2 is 1.58 bits per heavy atom. The quantitative estimate of drug-likeness (QED) is 0.274. The molecule has 0 atom stereocenters.